The standard InChI is InChI=1S/C21H24N2O3/c1-3-20(24)23-14-6-9-19(23)21(25)22-18-8-5-4-7-17(18)15-10-12-16(26-2)13-11-15/h4-5,7-8,10-13,19H,3,6,9,14H2,1-2H3,(H,22,25)/t19-/m0/s1. The second-order valence-electron chi connectivity index (χ2n) is 6.36. The van der Waals surface area contributed by atoms with Crippen LogP contribution in [0.2, 0.25) is 0 Å². The highest BCUT2D eigenvalue weighted by molar-refractivity contribution is 6.00. The number of ether oxygens (including phenoxy) is 1. The highest BCUT2D eigenvalue weighted by Crippen LogP contribution is 2.30. The number of hydrogen-bond acceptors (Lipinski definition) is 3. The molecular formula is C21H24N2O3. The molecule has 5 heteroatoms. The van der Waals surface area contributed by atoms with Crippen LogP contribution in [0.25, 0.3) is 11.1 Å². The number of rotatable bonds is 5. The van der Waals surface area contributed by atoms with Gasteiger partial charge in [-0.05, 0) is 36.6 Å². The molecule has 2 aromatic rings. The van der Waals surface area contributed by atoms with E-state index in [4.69, 9.17) is 4.74 Å². The van der Waals surface area contributed by atoms with Crippen LogP contribution in [0, 0.1) is 0 Å². The number of nitrogens with one attached hydrogen (secondary N) is 1. The van der Waals surface area contributed by atoms with Gasteiger partial charge in [0.1, 0.15) is 11.8 Å². The van der Waals surface area contributed by atoms with Gasteiger partial charge in [0, 0.05) is 24.2 Å². The Morgan fingerprint density at radius 1 is 1.15 bits per heavy atom. The van der Waals surface area contributed by atoms with Crippen molar-refractivity contribution in [2.45, 2.75) is 32.2 Å². The van der Waals surface area contributed by atoms with Crippen LogP contribution in [0.4, 0.5) is 5.69 Å². The molecule has 0 unspecified atom stereocenters. The summed E-state index contributed by atoms with van der Waals surface area (Å²) in [6.45, 7) is 2.49. The fourth-order valence-electron chi connectivity index (χ4n) is 3.37. The maximum absolute atomic E-state index is 12.8. The minimum Gasteiger partial charge on any atom is -0.497 e. The minimum atomic E-state index is -0.383. The molecule has 1 heterocycles. The molecule has 3 rings (SSSR count). The van der Waals surface area contributed by atoms with E-state index in [9.17, 15) is 9.59 Å². The lowest BCUT2D eigenvalue weighted by atomic mass is 10.0. The first kappa shape index (κ1) is 18.0. The molecule has 2 amide bonds. The van der Waals surface area contributed by atoms with Gasteiger partial charge in [0.05, 0.1) is 7.11 Å². The fraction of sp³-hybridized carbons (Fsp3) is 0.333. The number of benzene rings is 2. The Bertz CT molecular complexity index is 786. The molecule has 0 aliphatic carbocycles. The molecule has 2 aromatic carbocycles. The monoisotopic (exact) mass is 352 g/mol. The summed E-state index contributed by atoms with van der Waals surface area (Å²) in [7, 11) is 1.63. The van der Waals surface area contributed by atoms with Crippen LogP contribution in [0.5, 0.6) is 5.75 Å². The van der Waals surface area contributed by atoms with Gasteiger partial charge in [-0.25, -0.2) is 0 Å². The maximum Gasteiger partial charge on any atom is 0.247 e. The zero-order chi connectivity index (χ0) is 18.5. The van der Waals surface area contributed by atoms with Crippen molar-refractivity contribution < 1.29 is 14.3 Å². The second-order valence-corrected chi connectivity index (χ2v) is 6.36. The number of carbonyl (C=O) groups excluding carboxylic acids is 2. The first-order valence-electron chi connectivity index (χ1n) is 8.97. The summed E-state index contributed by atoms with van der Waals surface area (Å²) < 4.78 is 5.20. The largest absolute Gasteiger partial charge is 0.497 e. The lowest BCUT2D eigenvalue weighted by Crippen LogP contribution is -2.42. The van der Waals surface area contributed by atoms with Crippen LogP contribution < -0.4 is 10.1 Å². The number of hydrogen-bond donors (Lipinski definition) is 1. The number of anilines is 1. The molecule has 0 bridgehead atoms. The summed E-state index contributed by atoms with van der Waals surface area (Å²) in [6, 6.07) is 15.0. The van der Waals surface area contributed by atoms with Crippen LogP contribution in [0.3, 0.4) is 0 Å². The Morgan fingerprint density at radius 3 is 2.58 bits per heavy atom. The Labute approximate surface area is 154 Å². The third kappa shape index (κ3) is 3.72. The number of para-hydroxylation sites is 1. The van der Waals surface area contributed by atoms with E-state index in [1.807, 2.05) is 55.5 Å². The van der Waals surface area contributed by atoms with Gasteiger partial charge in [-0.2, -0.15) is 0 Å². The second kappa shape index (κ2) is 8.04. The number of amides is 2. The van der Waals surface area contributed by atoms with Gasteiger partial charge < -0.3 is 15.0 Å². The highest BCUT2D eigenvalue weighted by atomic mass is 16.5. The van der Waals surface area contributed by atoms with Crippen molar-refractivity contribution in [3.63, 3.8) is 0 Å². The topological polar surface area (TPSA) is 58.6 Å². The predicted octanol–water partition coefficient (Wildman–Crippen LogP) is 3.70. The minimum absolute atomic E-state index is 0.0334. The van der Waals surface area contributed by atoms with Gasteiger partial charge >= 0.3 is 0 Å². The molecule has 1 saturated heterocycles. The van der Waals surface area contributed by atoms with Crippen LogP contribution in [-0.2, 0) is 9.59 Å². The average Bonchev–Trinajstić information content (AvgIpc) is 3.18. The van der Waals surface area contributed by atoms with Gasteiger partial charge in [-0.3, -0.25) is 9.59 Å². The molecule has 0 saturated carbocycles. The quantitative estimate of drug-likeness (QED) is 0.892. The first-order valence-corrected chi connectivity index (χ1v) is 8.97. The zero-order valence-electron chi connectivity index (χ0n) is 15.2. The molecule has 0 radical (unpaired) electrons. The van der Waals surface area contributed by atoms with E-state index < -0.39 is 0 Å². The lowest BCUT2D eigenvalue weighted by molar-refractivity contribution is -0.136. The van der Waals surface area contributed by atoms with Gasteiger partial charge in [-0.1, -0.05) is 37.3 Å². The SMILES string of the molecule is CCC(=O)N1CCC[C@H]1C(=O)Nc1ccccc1-c1ccc(OC)cc1. The van der Waals surface area contributed by atoms with Crippen molar-refractivity contribution in [2.75, 3.05) is 19.0 Å². The Balaban J connectivity index is 1.81. The van der Waals surface area contributed by atoms with E-state index in [1.54, 1.807) is 12.0 Å². The van der Waals surface area contributed by atoms with E-state index in [0.29, 0.717) is 19.4 Å². The van der Waals surface area contributed by atoms with Gasteiger partial charge in [0.25, 0.3) is 0 Å². The van der Waals surface area contributed by atoms with E-state index in [0.717, 1.165) is 29.0 Å². The van der Waals surface area contributed by atoms with Crippen molar-refractivity contribution in [1.82, 2.24) is 4.90 Å². The van der Waals surface area contributed by atoms with E-state index >= 15 is 0 Å². The Kier molecular flexibility index (Phi) is 5.56. The molecule has 1 aliphatic rings. The maximum atomic E-state index is 12.8. The third-order valence-corrected chi connectivity index (χ3v) is 4.76. The van der Waals surface area contributed by atoms with Gasteiger partial charge in [0.2, 0.25) is 11.8 Å². The van der Waals surface area contributed by atoms with Gasteiger partial charge in [-0.15, -0.1) is 0 Å². The first-order chi connectivity index (χ1) is 12.6. The van der Waals surface area contributed by atoms with Crippen molar-refractivity contribution in [3.8, 4) is 16.9 Å². The summed E-state index contributed by atoms with van der Waals surface area (Å²) in [5.74, 6) is 0.700. The molecule has 136 valence electrons. The van der Waals surface area contributed by atoms with E-state index in [-0.39, 0.29) is 17.9 Å². The number of nitrogens with zero attached hydrogens (tertiary/aromatic N) is 1. The van der Waals surface area contributed by atoms with Gasteiger partial charge in [0.15, 0.2) is 0 Å². The van der Waals surface area contributed by atoms with E-state index in [1.165, 1.54) is 0 Å². The van der Waals surface area contributed by atoms with Crippen LogP contribution in [0.15, 0.2) is 48.5 Å². The van der Waals surface area contributed by atoms with Crippen LogP contribution in [0.1, 0.15) is 26.2 Å². The summed E-state index contributed by atoms with van der Waals surface area (Å²) in [4.78, 5) is 26.6. The summed E-state index contributed by atoms with van der Waals surface area (Å²) >= 11 is 0. The molecule has 1 fully saturated rings. The Hall–Kier alpha value is -2.82. The molecule has 1 aliphatic heterocycles. The number of methoxy groups -OCH3 is 1. The number of carbonyl (C=O) groups is 2. The highest BCUT2D eigenvalue weighted by Gasteiger charge is 2.33. The molecule has 1 N–H and O–H groups in total. The summed E-state index contributed by atoms with van der Waals surface area (Å²) in [5.41, 5.74) is 2.68. The van der Waals surface area contributed by atoms with E-state index in [2.05, 4.69) is 5.32 Å². The molecule has 0 aromatic heterocycles. The molecule has 0 spiro atoms. The van der Waals surface area contributed by atoms with Crippen molar-refractivity contribution in [3.05, 3.63) is 48.5 Å². The molecule has 1 atom stereocenters. The number of likely N-dealkylation sites (tertiary alicyclic amines) is 1. The predicted molar refractivity (Wildman–Crippen MR) is 102 cm³/mol. The third-order valence-electron chi connectivity index (χ3n) is 4.76. The van der Waals surface area contributed by atoms with Crippen molar-refractivity contribution in [2.24, 2.45) is 0 Å². The summed E-state index contributed by atoms with van der Waals surface area (Å²) in [6.07, 6.45) is 2.00. The van der Waals surface area contributed by atoms with Crippen LogP contribution >= 0.6 is 0 Å². The smallest absolute Gasteiger partial charge is 0.247 e. The average molecular weight is 352 g/mol. The zero-order valence-corrected chi connectivity index (χ0v) is 15.2. The lowest BCUT2D eigenvalue weighted by Gasteiger charge is -2.24. The fourth-order valence-corrected chi connectivity index (χ4v) is 3.37. The van der Waals surface area contributed by atoms with Crippen LogP contribution in [-0.4, -0.2) is 36.4 Å². The summed E-state index contributed by atoms with van der Waals surface area (Å²) in [5, 5.41) is 3.02. The van der Waals surface area contributed by atoms with Crippen molar-refractivity contribution in [1.29, 1.82) is 0 Å². The normalized spacial score (nSPS) is 16.4. The molecule has 26 heavy (non-hydrogen) atoms. The molecule has 5 nitrogen and oxygen atoms in total. The molecular weight excluding hydrogens is 328 g/mol. The van der Waals surface area contributed by atoms with Crippen molar-refractivity contribution >= 4 is 17.5 Å². The Morgan fingerprint density at radius 2 is 1.88 bits per heavy atom.